The summed E-state index contributed by atoms with van der Waals surface area (Å²) in [6.07, 6.45) is 2.22. The number of halogens is 2. The van der Waals surface area contributed by atoms with Crippen molar-refractivity contribution in [1.29, 1.82) is 0 Å². The number of carbonyl (C=O) groups is 1. The van der Waals surface area contributed by atoms with Gasteiger partial charge in [0.05, 0.1) is 6.26 Å². The second kappa shape index (κ2) is 12.4. The molecule has 0 unspecified atom stereocenters. The Morgan fingerprint density at radius 2 is 1.93 bits per heavy atom. The number of amides is 1. The summed E-state index contributed by atoms with van der Waals surface area (Å²) in [5.41, 5.74) is 1.83. The number of guanidine groups is 1. The molecule has 2 aromatic rings. The van der Waals surface area contributed by atoms with E-state index in [0.29, 0.717) is 31.8 Å². The molecule has 0 aliphatic rings. The van der Waals surface area contributed by atoms with Crippen molar-refractivity contribution >= 4 is 35.8 Å². The molecule has 1 aromatic heterocycles. The van der Waals surface area contributed by atoms with E-state index in [-0.39, 0.29) is 35.7 Å². The van der Waals surface area contributed by atoms with Crippen LogP contribution in [0.4, 0.5) is 4.39 Å². The molecular weight excluding hydrogens is 474 g/mol. The molecule has 0 saturated heterocycles. The van der Waals surface area contributed by atoms with Crippen molar-refractivity contribution in [3.8, 4) is 0 Å². The van der Waals surface area contributed by atoms with E-state index in [1.165, 1.54) is 18.4 Å². The van der Waals surface area contributed by atoms with E-state index in [4.69, 9.17) is 4.42 Å². The van der Waals surface area contributed by atoms with Gasteiger partial charge < -0.3 is 20.0 Å². The number of hydrogen-bond donors (Lipinski definition) is 2. The molecule has 0 atom stereocenters. The molecule has 0 saturated carbocycles. The van der Waals surface area contributed by atoms with Crippen molar-refractivity contribution in [1.82, 2.24) is 15.5 Å². The van der Waals surface area contributed by atoms with E-state index in [0.717, 1.165) is 23.6 Å². The fraction of sp³-hybridized carbons (Fsp3) is 0.400. The Balaban J connectivity index is 0.00000392. The molecule has 6 nitrogen and oxygen atoms in total. The van der Waals surface area contributed by atoms with Crippen LogP contribution in [0.2, 0.25) is 0 Å². The predicted molar refractivity (Wildman–Crippen MR) is 120 cm³/mol. The van der Waals surface area contributed by atoms with Gasteiger partial charge >= 0.3 is 0 Å². The molecule has 0 radical (unpaired) electrons. The molecule has 0 fully saturated rings. The van der Waals surface area contributed by atoms with Crippen LogP contribution in [0.1, 0.15) is 35.0 Å². The summed E-state index contributed by atoms with van der Waals surface area (Å²) in [4.78, 5) is 18.5. The second-order valence-corrected chi connectivity index (χ2v) is 6.26. The van der Waals surface area contributed by atoms with Gasteiger partial charge in [0.25, 0.3) is 5.91 Å². The SMILES string of the molecule is CCNC(=NCCCNC(=O)c1occc1C)N(C)Cc1ccc(F)cc1.I. The highest BCUT2D eigenvalue weighted by molar-refractivity contribution is 14.0. The lowest BCUT2D eigenvalue weighted by Crippen LogP contribution is -2.38. The molecule has 0 spiro atoms. The smallest absolute Gasteiger partial charge is 0.287 e. The van der Waals surface area contributed by atoms with Crippen molar-refractivity contribution in [3.63, 3.8) is 0 Å². The zero-order chi connectivity index (χ0) is 19.6. The van der Waals surface area contributed by atoms with Gasteiger partial charge in [0.15, 0.2) is 11.7 Å². The van der Waals surface area contributed by atoms with E-state index in [9.17, 15) is 9.18 Å². The van der Waals surface area contributed by atoms with Crippen LogP contribution < -0.4 is 10.6 Å². The van der Waals surface area contributed by atoms with Gasteiger partial charge in [-0.1, -0.05) is 12.1 Å². The highest BCUT2D eigenvalue weighted by Gasteiger charge is 2.11. The number of aliphatic imine (C=N–C) groups is 1. The van der Waals surface area contributed by atoms with Crippen molar-refractivity contribution < 1.29 is 13.6 Å². The molecule has 1 aromatic carbocycles. The lowest BCUT2D eigenvalue weighted by molar-refractivity contribution is 0.0925. The van der Waals surface area contributed by atoms with Crippen LogP contribution in [0.25, 0.3) is 0 Å². The summed E-state index contributed by atoms with van der Waals surface area (Å²) in [6.45, 7) is 6.31. The zero-order valence-corrected chi connectivity index (χ0v) is 18.8. The molecule has 0 aliphatic carbocycles. The Kier molecular flexibility index (Phi) is 10.6. The first-order valence-corrected chi connectivity index (χ1v) is 9.07. The summed E-state index contributed by atoms with van der Waals surface area (Å²) < 4.78 is 18.2. The minimum Gasteiger partial charge on any atom is -0.459 e. The Labute approximate surface area is 182 Å². The highest BCUT2D eigenvalue weighted by atomic mass is 127. The van der Waals surface area contributed by atoms with E-state index in [1.54, 1.807) is 18.2 Å². The highest BCUT2D eigenvalue weighted by Crippen LogP contribution is 2.08. The van der Waals surface area contributed by atoms with E-state index in [1.807, 2.05) is 25.8 Å². The van der Waals surface area contributed by atoms with Crippen LogP contribution in [-0.4, -0.2) is 43.4 Å². The van der Waals surface area contributed by atoms with Crippen LogP contribution in [0.15, 0.2) is 46.0 Å². The first-order valence-electron chi connectivity index (χ1n) is 9.07. The molecule has 8 heteroatoms. The third kappa shape index (κ3) is 7.49. The Morgan fingerprint density at radius 1 is 1.21 bits per heavy atom. The number of benzene rings is 1. The maximum Gasteiger partial charge on any atom is 0.287 e. The normalized spacial score (nSPS) is 10.9. The fourth-order valence-electron chi connectivity index (χ4n) is 2.56. The van der Waals surface area contributed by atoms with Crippen LogP contribution in [0.5, 0.6) is 0 Å². The van der Waals surface area contributed by atoms with Crippen molar-refractivity contribution in [3.05, 3.63) is 59.3 Å². The predicted octanol–water partition coefficient (Wildman–Crippen LogP) is 3.56. The van der Waals surface area contributed by atoms with Crippen LogP contribution in [0, 0.1) is 12.7 Å². The number of nitrogens with zero attached hydrogens (tertiary/aromatic N) is 2. The maximum atomic E-state index is 13.0. The summed E-state index contributed by atoms with van der Waals surface area (Å²) in [7, 11) is 1.94. The van der Waals surface area contributed by atoms with Gasteiger partial charge in [0, 0.05) is 38.8 Å². The monoisotopic (exact) mass is 502 g/mol. The first kappa shape index (κ1) is 23.9. The minimum absolute atomic E-state index is 0. The molecule has 2 rings (SSSR count). The zero-order valence-electron chi connectivity index (χ0n) is 16.5. The molecule has 1 heterocycles. The van der Waals surface area contributed by atoms with Crippen molar-refractivity contribution in [2.45, 2.75) is 26.8 Å². The molecule has 0 bridgehead atoms. The average molecular weight is 502 g/mol. The lowest BCUT2D eigenvalue weighted by Gasteiger charge is -2.22. The Morgan fingerprint density at radius 3 is 2.54 bits per heavy atom. The number of rotatable bonds is 8. The summed E-state index contributed by atoms with van der Waals surface area (Å²) in [6, 6.07) is 8.20. The van der Waals surface area contributed by atoms with Gasteiger partial charge in [-0.2, -0.15) is 0 Å². The fourth-order valence-corrected chi connectivity index (χ4v) is 2.56. The third-order valence-corrected chi connectivity index (χ3v) is 3.98. The standard InChI is InChI=1S/C20H27FN4O2.HI/c1-4-22-20(25(3)14-16-6-8-17(21)9-7-16)24-12-5-11-23-19(26)18-15(2)10-13-27-18;/h6-10,13H,4-5,11-12,14H2,1-3H3,(H,22,24)(H,23,26);1H. The number of carbonyl (C=O) groups excluding carboxylic acids is 1. The lowest BCUT2D eigenvalue weighted by atomic mass is 10.2. The molecule has 0 aliphatic heterocycles. The quantitative estimate of drug-likeness (QED) is 0.251. The van der Waals surface area contributed by atoms with Gasteiger partial charge in [-0.05, 0) is 44.0 Å². The summed E-state index contributed by atoms with van der Waals surface area (Å²) >= 11 is 0. The molecule has 154 valence electrons. The van der Waals surface area contributed by atoms with E-state index < -0.39 is 0 Å². The van der Waals surface area contributed by atoms with Crippen LogP contribution in [0.3, 0.4) is 0 Å². The van der Waals surface area contributed by atoms with Gasteiger partial charge in [0.1, 0.15) is 5.82 Å². The number of aryl methyl sites for hydroxylation is 1. The summed E-state index contributed by atoms with van der Waals surface area (Å²) in [5, 5.41) is 6.08. The molecule has 1 amide bonds. The van der Waals surface area contributed by atoms with Gasteiger partial charge in [-0.3, -0.25) is 9.79 Å². The van der Waals surface area contributed by atoms with Gasteiger partial charge in [0.2, 0.25) is 0 Å². The Bertz CT molecular complexity index is 762. The maximum absolute atomic E-state index is 13.0. The first-order chi connectivity index (χ1) is 13.0. The minimum atomic E-state index is -0.242. The van der Waals surface area contributed by atoms with Crippen molar-refractivity contribution in [2.75, 3.05) is 26.7 Å². The summed E-state index contributed by atoms with van der Waals surface area (Å²) in [5.74, 6) is 0.677. The topological polar surface area (TPSA) is 69.9 Å². The van der Waals surface area contributed by atoms with Crippen molar-refractivity contribution in [2.24, 2.45) is 4.99 Å². The van der Waals surface area contributed by atoms with Crippen LogP contribution in [-0.2, 0) is 6.54 Å². The number of furan rings is 1. The van der Waals surface area contributed by atoms with Gasteiger partial charge in [-0.15, -0.1) is 24.0 Å². The van der Waals surface area contributed by atoms with Crippen LogP contribution >= 0.6 is 24.0 Å². The average Bonchev–Trinajstić information content (AvgIpc) is 3.08. The number of hydrogen-bond acceptors (Lipinski definition) is 3. The molecule has 28 heavy (non-hydrogen) atoms. The molecule has 2 N–H and O–H groups in total. The molecular formula is C20H28FIN4O2. The third-order valence-electron chi connectivity index (χ3n) is 3.98. The second-order valence-electron chi connectivity index (χ2n) is 6.26. The van der Waals surface area contributed by atoms with E-state index in [2.05, 4.69) is 15.6 Å². The number of nitrogens with one attached hydrogen (secondary N) is 2. The largest absolute Gasteiger partial charge is 0.459 e. The Hall–Kier alpha value is -2.10. The van der Waals surface area contributed by atoms with E-state index >= 15 is 0 Å². The van der Waals surface area contributed by atoms with Gasteiger partial charge in [-0.25, -0.2) is 4.39 Å².